The highest BCUT2D eigenvalue weighted by atomic mass is 32.2. The molecule has 0 aliphatic carbocycles. The first-order chi connectivity index (χ1) is 9.53. The molecule has 1 aromatic rings. The number of ether oxygens (including phenoxy) is 1. The third-order valence-electron chi connectivity index (χ3n) is 2.97. The average Bonchev–Trinajstić information content (AvgIpc) is 2.44. The SMILES string of the molecule is CCNCc1cccc(S(=O)(=O)NC(CC)COC)c1. The Morgan fingerprint density at radius 2 is 2.05 bits per heavy atom. The second-order valence-corrected chi connectivity index (χ2v) is 6.32. The maximum absolute atomic E-state index is 12.3. The molecule has 2 N–H and O–H groups in total. The van der Waals surface area contributed by atoms with E-state index >= 15 is 0 Å². The van der Waals surface area contributed by atoms with Crippen LogP contribution < -0.4 is 10.0 Å². The summed E-state index contributed by atoms with van der Waals surface area (Å²) < 4.78 is 32.3. The van der Waals surface area contributed by atoms with Gasteiger partial charge in [0.1, 0.15) is 0 Å². The van der Waals surface area contributed by atoms with Gasteiger partial charge >= 0.3 is 0 Å². The minimum absolute atomic E-state index is 0.206. The van der Waals surface area contributed by atoms with Crippen molar-refractivity contribution in [1.29, 1.82) is 0 Å². The monoisotopic (exact) mass is 300 g/mol. The van der Waals surface area contributed by atoms with Crippen molar-refractivity contribution in [3.63, 3.8) is 0 Å². The van der Waals surface area contributed by atoms with Crippen molar-refractivity contribution in [2.75, 3.05) is 20.3 Å². The molecule has 1 atom stereocenters. The van der Waals surface area contributed by atoms with E-state index in [0.29, 0.717) is 24.5 Å². The highest BCUT2D eigenvalue weighted by molar-refractivity contribution is 7.89. The van der Waals surface area contributed by atoms with Crippen LogP contribution in [0.5, 0.6) is 0 Å². The van der Waals surface area contributed by atoms with Gasteiger partial charge < -0.3 is 10.1 Å². The van der Waals surface area contributed by atoms with Crippen LogP contribution in [0.25, 0.3) is 0 Å². The van der Waals surface area contributed by atoms with Crippen LogP contribution in [-0.2, 0) is 21.3 Å². The van der Waals surface area contributed by atoms with Crippen LogP contribution in [0.1, 0.15) is 25.8 Å². The van der Waals surface area contributed by atoms with Crippen LogP contribution in [0, 0.1) is 0 Å². The van der Waals surface area contributed by atoms with Crippen LogP contribution in [-0.4, -0.2) is 34.7 Å². The molecule has 0 bridgehead atoms. The highest BCUT2D eigenvalue weighted by Gasteiger charge is 2.19. The summed E-state index contributed by atoms with van der Waals surface area (Å²) in [5.74, 6) is 0. The lowest BCUT2D eigenvalue weighted by atomic mass is 10.2. The van der Waals surface area contributed by atoms with Crippen LogP contribution in [0.3, 0.4) is 0 Å². The zero-order valence-electron chi connectivity index (χ0n) is 12.3. The molecule has 6 heteroatoms. The van der Waals surface area contributed by atoms with E-state index in [4.69, 9.17) is 4.74 Å². The summed E-state index contributed by atoms with van der Waals surface area (Å²) in [5.41, 5.74) is 0.953. The summed E-state index contributed by atoms with van der Waals surface area (Å²) in [6.45, 7) is 5.81. The molecule has 0 aromatic heterocycles. The van der Waals surface area contributed by atoms with Crippen LogP contribution in [0.4, 0.5) is 0 Å². The van der Waals surface area contributed by atoms with E-state index in [9.17, 15) is 8.42 Å². The van der Waals surface area contributed by atoms with Gasteiger partial charge in [-0.2, -0.15) is 0 Å². The molecular weight excluding hydrogens is 276 g/mol. The molecule has 0 amide bonds. The van der Waals surface area contributed by atoms with Gasteiger partial charge in [0.2, 0.25) is 10.0 Å². The third-order valence-corrected chi connectivity index (χ3v) is 4.49. The fourth-order valence-electron chi connectivity index (χ4n) is 1.82. The van der Waals surface area contributed by atoms with Crippen molar-refractivity contribution in [1.82, 2.24) is 10.0 Å². The molecule has 0 aliphatic heterocycles. The largest absolute Gasteiger partial charge is 0.383 e. The van der Waals surface area contributed by atoms with Gasteiger partial charge in [0, 0.05) is 19.7 Å². The molecule has 0 heterocycles. The van der Waals surface area contributed by atoms with Gasteiger partial charge in [-0.25, -0.2) is 13.1 Å². The van der Waals surface area contributed by atoms with Gasteiger partial charge in [-0.3, -0.25) is 0 Å². The van der Waals surface area contributed by atoms with Gasteiger partial charge in [-0.15, -0.1) is 0 Å². The van der Waals surface area contributed by atoms with Crippen LogP contribution >= 0.6 is 0 Å². The number of hydrogen-bond donors (Lipinski definition) is 2. The zero-order chi connectivity index (χ0) is 15.0. The first kappa shape index (κ1) is 17.1. The third kappa shape index (κ3) is 5.20. The normalized spacial score (nSPS) is 13.3. The van der Waals surface area contributed by atoms with Crippen molar-refractivity contribution in [3.05, 3.63) is 29.8 Å². The lowest BCUT2D eigenvalue weighted by Crippen LogP contribution is -2.37. The Labute approximate surface area is 121 Å². The van der Waals surface area contributed by atoms with E-state index in [1.54, 1.807) is 25.3 Å². The molecule has 0 saturated heterocycles. The minimum Gasteiger partial charge on any atom is -0.383 e. The van der Waals surface area contributed by atoms with E-state index in [1.165, 1.54) is 0 Å². The van der Waals surface area contributed by atoms with Crippen molar-refractivity contribution in [3.8, 4) is 0 Å². The number of rotatable bonds is 9. The van der Waals surface area contributed by atoms with Gasteiger partial charge in [0.25, 0.3) is 0 Å². The molecule has 1 aromatic carbocycles. The minimum atomic E-state index is -3.50. The number of sulfonamides is 1. The predicted octanol–water partition coefficient (Wildman–Crippen LogP) is 1.50. The summed E-state index contributed by atoms with van der Waals surface area (Å²) in [6, 6.07) is 6.77. The summed E-state index contributed by atoms with van der Waals surface area (Å²) in [6.07, 6.45) is 0.685. The number of benzene rings is 1. The van der Waals surface area contributed by atoms with E-state index in [0.717, 1.165) is 12.1 Å². The van der Waals surface area contributed by atoms with Crippen LogP contribution in [0.15, 0.2) is 29.2 Å². The summed E-state index contributed by atoms with van der Waals surface area (Å²) >= 11 is 0. The molecule has 0 radical (unpaired) electrons. The zero-order valence-corrected chi connectivity index (χ0v) is 13.2. The smallest absolute Gasteiger partial charge is 0.240 e. The second kappa shape index (κ2) is 8.36. The van der Waals surface area contributed by atoms with E-state index in [-0.39, 0.29) is 6.04 Å². The number of hydrogen-bond acceptors (Lipinski definition) is 4. The first-order valence-electron chi connectivity index (χ1n) is 6.84. The molecule has 114 valence electrons. The quantitative estimate of drug-likeness (QED) is 0.725. The van der Waals surface area contributed by atoms with E-state index in [2.05, 4.69) is 10.0 Å². The van der Waals surface area contributed by atoms with Gasteiger partial charge in [-0.1, -0.05) is 26.0 Å². The second-order valence-electron chi connectivity index (χ2n) is 4.61. The Kier molecular flexibility index (Phi) is 7.15. The molecule has 0 fully saturated rings. The highest BCUT2D eigenvalue weighted by Crippen LogP contribution is 2.12. The van der Waals surface area contributed by atoms with E-state index in [1.807, 2.05) is 19.9 Å². The molecular formula is C14H24N2O3S. The van der Waals surface area contributed by atoms with E-state index < -0.39 is 10.0 Å². The van der Waals surface area contributed by atoms with Gasteiger partial charge in [0.05, 0.1) is 11.5 Å². The number of methoxy groups -OCH3 is 1. The summed E-state index contributed by atoms with van der Waals surface area (Å²) in [4.78, 5) is 0.294. The molecule has 20 heavy (non-hydrogen) atoms. The standard InChI is InChI=1S/C14H24N2O3S/c1-4-13(11-19-3)16-20(17,18)14-8-6-7-12(9-14)10-15-5-2/h6-9,13,15-16H,4-5,10-11H2,1-3H3. The Bertz CT molecular complexity index is 503. The number of nitrogens with one attached hydrogen (secondary N) is 2. The lowest BCUT2D eigenvalue weighted by molar-refractivity contribution is 0.173. The topological polar surface area (TPSA) is 67.4 Å². The van der Waals surface area contributed by atoms with Crippen molar-refractivity contribution in [2.45, 2.75) is 37.8 Å². The van der Waals surface area contributed by atoms with Crippen molar-refractivity contribution in [2.24, 2.45) is 0 Å². The predicted molar refractivity (Wildman–Crippen MR) is 80.1 cm³/mol. The molecule has 0 aliphatic rings. The van der Waals surface area contributed by atoms with Gasteiger partial charge in [0.15, 0.2) is 0 Å². The molecule has 0 saturated carbocycles. The van der Waals surface area contributed by atoms with Crippen LogP contribution in [0.2, 0.25) is 0 Å². The summed E-state index contributed by atoms with van der Waals surface area (Å²) in [7, 11) is -1.94. The molecule has 5 nitrogen and oxygen atoms in total. The first-order valence-corrected chi connectivity index (χ1v) is 8.32. The molecule has 0 spiro atoms. The van der Waals surface area contributed by atoms with Gasteiger partial charge in [-0.05, 0) is 30.7 Å². The Morgan fingerprint density at radius 3 is 2.65 bits per heavy atom. The fraction of sp³-hybridized carbons (Fsp3) is 0.571. The Morgan fingerprint density at radius 1 is 1.30 bits per heavy atom. The summed E-state index contributed by atoms with van der Waals surface area (Å²) in [5, 5.41) is 3.18. The maximum Gasteiger partial charge on any atom is 0.240 e. The fourth-order valence-corrected chi connectivity index (χ4v) is 3.19. The van der Waals surface area contributed by atoms with Crippen molar-refractivity contribution >= 4 is 10.0 Å². The molecule has 1 unspecified atom stereocenters. The van der Waals surface area contributed by atoms with Crippen molar-refractivity contribution < 1.29 is 13.2 Å². The average molecular weight is 300 g/mol. The molecule has 1 rings (SSSR count). The maximum atomic E-state index is 12.3. The Hall–Kier alpha value is -0.950. The Balaban J connectivity index is 2.85. The lowest BCUT2D eigenvalue weighted by Gasteiger charge is -2.16.